The van der Waals surface area contributed by atoms with Gasteiger partial charge >= 0.3 is 0 Å². The standard InChI is InChI=1S/C28H31ClN4O3S2.ClH/c1-4-31(5-2)18-19-32(28-30-25-17-14-22(29)20-26(25)37-28)27(34)21-12-15-24(16-13-21)38(35,36)33(6-3)23-10-8-7-9-11-23;/h7-17,20H,4-6,18-19H2,1-3H3;1H. The Balaban J connectivity index is 0.00000420. The van der Waals surface area contributed by atoms with Crippen LogP contribution in [0.3, 0.4) is 0 Å². The molecule has 0 aliphatic rings. The van der Waals surface area contributed by atoms with E-state index in [1.807, 2.05) is 18.2 Å². The number of para-hydroxylation sites is 1. The van der Waals surface area contributed by atoms with Crippen molar-refractivity contribution < 1.29 is 13.2 Å². The number of likely N-dealkylation sites (N-methyl/N-ethyl adjacent to an activating group) is 1. The van der Waals surface area contributed by atoms with Crippen LogP contribution in [0.15, 0.2) is 77.7 Å². The maximum Gasteiger partial charge on any atom is 0.264 e. The topological polar surface area (TPSA) is 73.8 Å². The Morgan fingerprint density at radius 2 is 1.56 bits per heavy atom. The maximum absolute atomic E-state index is 13.7. The van der Waals surface area contributed by atoms with Crippen molar-refractivity contribution in [2.75, 3.05) is 41.9 Å². The minimum absolute atomic E-state index is 0. The van der Waals surface area contributed by atoms with Crippen LogP contribution in [-0.2, 0) is 10.0 Å². The molecule has 4 rings (SSSR count). The van der Waals surface area contributed by atoms with E-state index < -0.39 is 10.0 Å². The summed E-state index contributed by atoms with van der Waals surface area (Å²) in [7, 11) is -3.79. The van der Waals surface area contributed by atoms with Crippen LogP contribution >= 0.6 is 35.3 Å². The molecule has 4 aromatic rings. The van der Waals surface area contributed by atoms with Gasteiger partial charge in [-0.25, -0.2) is 13.4 Å². The van der Waals surface area contributed by atoms with Crippen LogP contribution in [0.4, 0.5) is 10.8 Å². The van der Waals surface area contributed by atoms with E-state index in [1.165, 1.54) is 27.8 Å². The second-order valence-corrected chi connectivity index (χ2v) is 11.9. The van der Waals surface area contributed by atoms with Crippen molar-refractivity contribution in [3.8, 4) is 0 Å². The first-order valence-corrected chi connectivity index (χ1v) is 15.2. The minimum atomic E-state index is -3.79. The van der Waals surface area contributed by atoms with Crippen LogP contribution < -0.4 is 9.21 Å². The number of benzene rings is 3. The quantitative estimate of drug-likeness (QED) is 0.193. The maximum atomic E-state index is 13.7. The Morgan fingerprint density at radius 1 is 0.897 bits per heavy atom. The van der Waals surface area contributed by atoms with Gasteiger partial charge in [0, 0.05) is 30.2 Å². The van der Waals surface area contributed by atoms with Gasteiger partial charge in [0.25, 0.3) is 15.9 Å². The molecule has 0 spiro atoms. The fourth-order valence-corrected chi connectivity index (χ4v) is 6.94. The van der Waals surface area contributed by atoms with Crippen LogP contribution in [0.2, 0.25) is 5.02 Å². The predicted molar refractivity (Wildman–Crippen MR) is 164 cm³/mol. The average molecular weight is 608 g/mol. The number of sulfonamides is 1. The Labute approximate surface area is 245 Å². The summed E-state index contributed by atoms with van der Waals surface area (Å²) in [6.45, 7) is 9.13. The van der Waals surface area contributed by atoms with E-state index in [0.717, 1.165) is 23.3 Å². The van der Waals surface area contributed by atoms with Gasteiger partial charge in [-0.15, -0.1) is 12.4 Å². The van der Waals surface area contributed by atoms with E-state index in [4.69, 9.17) is 16.6 Å². The molecule has 39 heavy (non-hydrogen) atoms. The normalized spacial score (nSPS) is 11.4. The Hall–Kier alpha value is -2.69. The van der Waals surface area contributed by atoms with Gasteiger partial charge in [-0.1, -0.05) is 55.0 Å². The summed E-state index contributed by atoms with van der Waals surface area (Å²) in [5.74, 6) is -0.235. The summed E-state index contributed by atoms with van der Waals surface area (Å²) in [4.78, 5) is 22.5. The molecule has 1 heterocycles. The van der Waals surface area contributed by atoms with Crippen LogP contribution in [-0.4, -0.2) is 56.9 Å². The molecule has 0 saturated heterocycles. The first-order chi connectivity index (χ1) is 18.3. The van der Waals surface area contributed by atoms with E-state index in [0.29, 0.717) is 34.5 Å². The van der Waals surface area contributed by atoms with E-state index in [-0.39, 0.29) is 29.8 Å². The van der Waals surface area contributed by atoms with Crippen molar-refractivity contribution in [1.29, 1.82) is 0 Å². The molecule has 0 fully saturated rings. The van der Waals surface area contributed by atoms with E-state index in [2.05, 4.69) is 18.7 Å². The summed E-state index contributed by atoms with van der Waals surface area (Å²) < 4.78 is 29.0. The number of nitrogens with zero attached hydrogens (tertiary/aromatic N) is 4. The van der Waals surface area contributed by atoms with Gasteiger partial charge in [0.2, 0.25) is 0 Å². The minimum Gasteiger partial charge on any atom is -0.302 e. The second kappa shape index (κ2) is 13.6. The number of hydrogen-bond acceptors (Lipinski definition) is 6. The summed E-state index contributed by atoms with van der Waals surface area (Å²) in [6, 6.07) is 20.6. The molecule has 0 bridgehead atoms. The van der Waals surface area contributed by atoms with E-state index in [9.17, 15) is 13.2 Å². The third-order valence-corrected chi connectivity index (χ3v) is 9.56. The molecule has 7 nitrogen and oxygen atoms in total. The SMILES string of the molecule is CCN(CC)CCN(C(=O)c1ccc(S(=O)(=O)N(CC)c2ccccc2)cc1)c1nc2ccc(Cl)cc2s1.Cl. The lowest BCUT2D eigenvalue weighted by molar-refractivity contribution is 0.0983. The van der Waals surface area contributed by atoms with Crippen molar-refractivity contribution in [2.45, 2.75) is 25.7 Å². The molecule has 0 saturated carbocycles. The number of halogens is 2. The van der Waals surface area contributed by atoms with Gasteiger partial charge in [-0.3, -0.25) is 14.0 Å². The fraction of sp³-hybridized carbons (Fsp3) is 0.286. The van der Waals surface area contributed by atoms with Crippen molar-refractivity contribution >= 4 is 72.3 Å². The number of carbonyl (C=O) groups is 1. The first kappa shape index (κ1) is 30.8. The number of aromatic nitrogens is 1. The summed E-state index contributed by atoms with van der Waals surface area (Å²) in [5.41, 5.74) is 1.76. The molecule has 0 N–H and O–H groups in total. The van der Waals surface area contributed by atoms with Gasteiger partial charge in [0.05, 0.1) is 20.8 Å². The molecule has 208 valence electrons. The molecule has 1 amide bonds. The highest BCUT2D eigenvalue weighted by atomic mass is 35.5. The molecule has 0 aliphatic carbocycles. The average Bonchev–Trinajstić information content (AvgIpc) is 3.34. The smallest absolute Gasteiger partial charge is 0.264 e. The van der Waals surface area contributed by atoms with Gasteiger partial charge in [0.1, 0.15) is 0 Å². The third kappa shape index (κ3) is 6.91. The lowest BCUT2D eigenvalue weighted by Gasteiger charge is -2.25. The zero-order valence-corrected chi connectivity index (χ0v) is 25.3. The lowest BCUT2D eigenvalue weighted by Crippen LogP contribution is -2.39. The van der Waals surface area contributed by atoms with Crippen LogP contribution in [0.25, 0.3) is 10.2 Å². The number of anilines is 2. The van der Waals surface area contributed by atoms with Crippen molar-refractivity contribution in [3.05, 3.63) is 83.4 Å². The Kier molecular flexibility index (Phi) is 10.7. The second-order valence-electron chi connectivity index (χ2n) is 8.62. The third-order valence-electron chi connectivity index (χ3n) is 6.37. The molecule has 0 atom stereocenters. The summed E-state index contributed by atoms with van der Waals surface area (Å²) >= 11 is 7.58. The molecular formula is C28H32Cl2N4O3S2. The molecule has 0 unspecified atom stereocenters. The van der Waals surface area contributed by atoms with Crippen LogP contribution in [0, 0.1) is 0 Å². The Bertz CT molecular complexity index is 1490. The number of hydrogen-bond donors (Lipinski definition) is 0. The van der Waals surface area contributed by atoms with Gasteiger partial charge in [-0.05, 0) is 74.6 Å². The number of carbonyl (C=O) groups excluding carboxylic acids is 1. The molecule has 0 radical (unpaired) electrons. The van der Waals surface area contributed by atoms with Crippen molar-refractivity contribution in [3.63, 3.8) is 0 Å². The van der Waals surface area contributed by atoms with Crippen LogP contribution in [0.5, 0.6) is 0 Å². The predicted octanol–water partition coefficient (Wildman–Crippen LogP) is 6.58. The zero-order chi connectivity index (χ0) is 27.3. The van der Waals surface area contributed by atoms with E-state index in [1.54, 1.807) is 54.3 Å². The van der Waals surface area contributed by atoms with Gasteiger partial charge in [0.15, 0.2) is 5.13 Å². The molecule has 0 aliphatic heterocycles. The highest BCUT2D eigenvalue weighted by Crippen LogP contribution is 2.32. The van der Waals surface area contributed by atoms with Gasteiger partial charge in [-0.2, -0.15) is 0 Å². The fourth-order valence-electron chi connectivity index (χ4n) is 4.21. The molecule has 11 heteroatoms. The number of fused-ring (bicyclic) bond motifs is 1. The van der Waals surface area contributed by atoms with E-state index >= 15 is 0 Å². The molecule has 1 aromatic heterocycles. The van der Waals surface area contributed by atoms with Crippen molar-refractivity contribution in [2.24, 2.45) is 0 Å². The number of rotatable bonds is 11. The van der Waals surface area contributed by atoms with Crippen LogP contribution in [0.1, 0.15) is 31.1 Å². The lowest BCUT2D eigenvalue weighted by atomic mass is 10.2. The van der Waals surface area contributed by atoms with Crippen molar-refractivity contribution in [1.82, 2.24) is 9.88 Å². The first-order valence-electron chi connectivity index (χ1n) is 12.6. The Morgan fingerprint density at radius 3 is 2.18 bits per heavy atom. The molecular weight excluding hydrogens is 575 g/mol. The zero-order valence-electron chi connectivity index (χ0n) is 22.1. The number of amides is 1. The largest absolute Gasteiger partial charge is 0.302 e. The van der Waals surface area contributed by atoms with Gasteiger partial charge < -0.3 is 4.90 Å². The summed E-state index contributed by atoms with van der Waals surface area (Å²) in [6.07, 6.45) is 0. The monoisotopic (exact) mass is 606 g/mol. The number of thiazole rings is 1. The molecule has 3 aromatic carbocycles. The highest BCUT2D eigenvalue weighted by Gasteiger charge is 2.26. The summed E-state index contributed by atoms with van der Waals surface area (Å²) in [5, 5.41) is 1.19. The highest BCUT2D eigenvalue weighted by molar-refractivity contribution is 7.92.